The van der Waals surface area contributed by atoms with E-state index in [1.165, 1.54) is 77.0 Å². The van der Waals surface area contributed by atoms with Crippen LogP contribution in [0, 0.1) is 0 Å². The summed E-state index contributed by atoms with van der Waals surface area (Å²) in [6.07, 6.45) is 22.0. The SMILES string of the molecule is CCCCCCCCCCCCCCCCC(=O)OC(Cl)CCCC. The first-order valence-corrected chi connectivity index (χ1v) is 11.5. The van der Waals surface area contributed by atoms with E-state index in [2.05, 4.69) is 13.8 Å². The number of carbonyl (C=O) groups is 1. The molecule has 0 rings (SSSR count). The number of esters is 1. The van der Waals surface area contributed by atoms with Crippen molar-refractivity contribution < 1.29 is 9.53 Å². The van der Waals surface area contributed by atoms with Gasteiger partial charge in [0.1, 0.15) is 0 Å². The van der Waals surface area contributed by atoms with Crippen LogP contribution in [-0.2, 0) is 9.53 Å². The molecular weight excluding hydrogens is 332 g/mol. The minimum absolute atomic E-state index is 0.130. The molecule has 0 amide bonds. The Morgan fingerprint density at radius 3 is 1.52 bits per heavy atom. The lowest BCUT2D eigenvalue weighted by atomic mass is 10.0. The van der Waals surface area contributed by atoms with Gasteiger partial charge in [-0.05, 0) is 19.3 Å². The Balaban J connectivity index is 3.19. The third-order valence-corrected chi connectivity index (χ3v) is 5.09. The van der Waals surface area contributed by atoms with Crippen molar-refractivity contribution in [1.82, 2.24) is 0 Å². The van der Waals surface area contributed by atoms with Crippen molar-refractivity contribution in [2.75, 3.05) is 0 Å². The quantitative estimate of drug-likeness (QED) is 0.129. The third kappa shape index (κ3) is 19.9. The minimum Gasteiger partial charge on any atom is -0.446 e. The van der Waals surface area contributed by atoms with Gasteiger partial charge >= 0.3 is 5.97 Å². The highest BCUT2D eigenvalue weighted by Crippen LogP contribution is 2.14. The summed E-state index contributed by atoms with van der Waals surface area (Å²) in [6.45, 7) is 4.38. The molecule has 150 valence electrons. The smallest absolute Gasteiger partial charge is 0.307 e. The van der Waals surface area contributed by atoms with E-state index in [0.29, 0.717) is 6.42 Å². The van der Waals surface area contributed by atoms with E-state index >= 15 is 0 Å². The van der Waals surface area contributed by atoms with E-state index in [0.717, 1.165) is 32.1 Å². The van der Waals surface area contributed by atoms with E-state index < -0.39 is 5.56 Å². The van der Waals surface area contributed by atoms with Gasteiger partial charge in [-0.25, -0.2) is 0 Å². The molecule has 0 radical (unpaired) electrons. The van der Waals surface area contributed by atoms with E-state index in [4.69, 9.17) is 16.3 Å². The summed E-state index contributed by atoms with van der Waals surface area (Å²) in [4.78, 5) is 11.6. The van der Waals surface area contributed by atoms with Crippen LogP contribution in [0.4, 0.5) is 0 Å². The lowest BCUT2D eigenvalue weighted by Gasteiger charge is -2.10. The lowest BCUT2D eigenvalue weighted by Crippen LogP contribution is -2.12. The second-order valence-corrected chi connectivity index (χ2v) is 7.88. The molecule has 0 aliphatic rings. The van der Waals surface area contributed by atoms with Gasteiger partial charge in [-0.2, -0.15) is 0 Å². The molecule has 0 aliphatic heterocycles. The van der Waals surface area contributed by atoms with Crippen LogP contribution in [0.2, 0.25) is 0 Å². The summed E-state index contributed by atoms with van der Waals surface area (Å²) in [5.41, 5.74) is -0.431. The van der Waals surface area contributed by atoms with E-state index in [9.17, 15) is 4.79 Å². The number of hydrogen-bond acceptors (Lipinski definition) is 2. The number of hydrogen-bond donors (Lipinski definition) is 0. The van der Waals surface area contributed by atoms with Gasteiger partial charge in [0.2, 0.25) is 0 Å². The highest BCUT2D eigenvalue weighted by atomic mass is 35.5. The first-order valence-electron chi connectivity index (χ1n) is 11.0. The molecule has 2 nitrogen and oxygen atoms in total. The monoisotopic (exact) mass is 374 g/mol. The van der Waals surface area contributed by atoms with Gasteiger partial charge < -0.3 is 4.74 Å². The zero-order chi connectivity index (χ0) is 18.6. The van der Waals surface area contributed by atoms with Crippen molar-refractivity contribution in [3.05, 3.63) is 0 Å². The summed E-state index contributed by atoms with van der Waals surface area (Å²) in [5, 5.41) is 0. The molecule has 0 aromatic carbocycles. The van der Waals surface area contributed by atoms with Crippen molar-refractivity contribution in [2.24, 2.45) is 0 Å². The average molecular weight is 375 g/mol. The molecule has 0 saturated heterocycles. The van der Waals surface area contributed by atoms with E-state index in [1.807, 2.05) is 0 Å². The normalized spacial score (nSPS) is 12.3. The predicted molar refractivity (Wildman–Crippen MR) is 110 cm³/mol. The summed E-state index contributed by atoms with van der Waals surface area (Å²) in [5.74, 6) is -0.130. The molecule has 0 spiro atoms. The van der Waals surface area contributed by atoms with Gasteiger partial charge in [-0.1, -0.05) is 115 Å². The number of halogens is 1. The van der Waals surface area contributed by atoms with Gasteiger partial charge in [0.15, 0.2) is 5.56 Å². The Bertz CT molecular complexity index is 281. The lowest BCUT2D eigenvalue weighted by molar-refractivity contribution is -0.145. The number of carbonyl (C=O) groups excluding carboxylic acids is 1. The van der Waals surface area contributed by atoms with Crippen LogP contribution in [0.15, 0.2) is 0 Å². The standard InChI is InChI=1S/C22H43ClO2/c1-3-5-7-8-9-10-11-12-13-14-15-16-17-18-20-22(24)25-21(23)19-6-4-2/h21H,3-20H2,1-2H3. The van der Waals surface area contributed by atoms with Crippen LogP contribution in [-0.4, -0.2) is 11.5 Å². The highest BCUT2D eigenvalue weighted by molar-refractivity contribution is 6.20. The van der Waals surface area contributed by atoms with E-state index in [-0.39, 0.29) is 5.97 Å². The highest BCUT2D eigenvalue weighted by Gasteiger charge is 2.10. The molecule has 0 saturated carbocycles. The van der Waals surface area contributed by atoms with Gasteiger partial charge in [-0.3, -0.25) is 4.79 Å². The molecule has 0 heterocycles. The van der Waals surface area contributed by atoms with Crippen molar-refractivity contribution >= 4 is 17.6 Å². The Kier molecular flexibility index (Phi) is 19.9. The minimum atomic E-state index is -0.431. The summed E-state index contributed by atoms with van der Waals surface area (Å²) in [6, 6.07) is 0. The van der Waals surface area contributed by atoms with E-state index in [1.54, 1.807) is 0 Å². The summed E-state index contributed by atoms with van der Waals surface area (Å²) in [7, 11) is 0. The Labute approximate surface area is 162 Å². The maximum Gasteiger partial charge on any atom is 0.307 e. The Hall–Kier alpha value is -0.240. The summed E-state index contributed by atoms with van der Waals surface area (Å²) >= 11 is 5.98. The molecule has 0 aromatic rings. The van der Waals surface area contributed by atoms with Crippen molar-refractivity contribution in [3.63, 3.8) is 0 Å². The molecular formula is C22H43ClO2. The molecule has 3 heteroatoms. The third-order valence-electron chi connectivity index (χ3n) is 4.78. The Morgan fingerprint density at radius 1 is 0.680 bits per heavy atom. The van der Waals surface area contributed by atoms with Crippen LogP contribution >= 0.6 is 11.6 Å². The maximum absolute atomic E-state index is 11.6. The number of alkyl halides is 1. The largest absolute Gasteiger partial charge is 0.446 e. The predicted octanol–water partition coefficient (Wildman–Crippen LogP) is 8.16. The second-order valence-electron chi connectivity index (χ2n) is 7.39. The second kappa shape index (κ2) is 20.1. The van der Waals surface area contributed by atoms with Crippen LogP contribution in [0.25, 0.3) is 0 Å². The fourth-order valence-corrected chi connectivity index (χ4v) is 3.34. The van der Waals surface area contributed by atoms with Gasteiger partial charge in [0, 0.05) is 6.42 Å². The zero-order valence-electron chi connectivity index (χ0n) is 17.0. The first-order chi connectivity index (χ1) is 12.2. The van der Waals surface area contributed by atoms with Gasteiger partial charge in [0.25, 0.3) is 0 Å². The number of rotatable bonds is 19. The van der Waals surface area contributed by atoms with Crippen LogP contribution in [0.5, 0.6) is 0 Å². The zero-order valence-corrected chi connectivity index (χ0v) is 17.8. The number of unbranched alkanes of at least 4 members (excludes halogenated alkanes) is 14. The fourth-order valence-electron chi connectivity index (χ4n) is 3.09. The summed E-state index contributed by atoms with van der Waals surface area (Å²) < 4.78 is 5.19. The molecule has 1 unspecified atom stereocenters. The molecule has 0 aromatic heterocycles. The van der Waals surface area contributed by atoms with Crippen LogP contribution in [0.3, 0.4) is 0 Å². The average Bonchev–Trinajstić information content (AvgIpc) is 2.60. The number of ether oxygens (including phenoxy) is 1. The van der Waals surface area contributed by atoms with Gasteiger partial charge in [0.05, 0.1) is 0 Å². The van der Waals surface area contributed by atoms with Crippen molar-refractivity contribution in [2.45, 2.75) is 135 Å². The molecule has 0 N–H and O–H groups in total. The molecule has 25 heavy (non-hydrogen) atoms. The van der Waals surface area contributed by atoms with Crippen LogP contribution < -0.4 is 0 Å². The fraction of sp³-hybridized carbons (Fsp3) is 0.955. The van der Waals surface area contributed by atoms with Crippen molar-refractivity contribution in [1.29, 1.82) is 0 Å². The molecule has 1 atom stereocenters. The maximum atomic E-state index is 11.6. The first kappa shape index (κ1) is 24.8. The molecule has 0 bridgehead atoms. The van der Waals surface area contributed by atoms with Crippen LogP contribution in [0.1, 0.15) is 129 Å². The molecule has 0 aliphatic carbocycles. The topological polar surface area (TPSA) is 26.3 Å². The Morgan fingerprint density at radius 2 is 1.08 bits per heavy atom. The molecule has 0 fully saturated rings. The van der Waals surface area contributed by atoms with Gasteiger partial charge in [-0.15, -0.1) is 0 Å². The van der Waals surface area contributed by atoms with Crippen molar-refractivity contribution in [3.8, 4) is 0 Å².